The zero-order valence-corrected chi connectivity index (χ0v) is 36.7. The molecule has 10 aromatic carbocycles. The Hall–Kier alpha value is -8.79. The summed E-state index contributed by atoms with van der Waals surface area (Å²) in [6.07, 6.45) is 0. The van der Waals surface area contributed by atoms with Crippen molar-refractivity contribution in [1.29, 1.82) is 0 Å². The highest BCUT2D eigenvalue weighted by molar-refractivity contribution is 5.89. The Labute approximate surface area is 391 Å². The van der Waals surface area contributed by atoms with Gasteiger partial charge in [-0.3, -0.25) is 0 Å². The average Bonchev–Trinajstić information content (AvgIpc) is 3.72. The minimum absolute atomic E-state index is 0.466. The molecule has 0 N–H and O–H groups in total. The van der Waals surface area contributed by atoms with Crippen LogP contribution >= 0.6 is 0 Å². The molecule has 0 aliphatic heterocycles. The molecule has 1 aliphatic carbocycles. The van der Waals surface area contributed by atoms with Crippen molar-refractivity contribution >= 4 is 0 Å². The first-order valence-corrected chi connectivity index (χ1v) is 22.8. The summed E-state index contributed by atoms with van der Waals surface area (Å²) in [6, 6.07) is 93.2. The summed E-state index contributed by atoms with van der Waals surface area (Å²) in [5.41, 5.74) is 19.1. The van der Waals surface area contributed by atoms with Crippen molar-refractivity contribution in [3.8, 4) is 89.8 Å². The first-order valence-electron chi connectivity index (χ1n) is 22.8. The van der Waals surface area contributed by atoms with E-state index in [0.29, 0.717) is 17.5 Å². The van der Waals surface area contributed by atoms with E-state index >= 15 is 0 Å². The summed E-state index contributed by atoms with van der Waals surface area (Å²) < 4.78 is 0. The number of rotatable bonds is 9. The van der Waals surface area contributed by atoms with Crippen LogP contribution in [0.25, 0.3) is 89.8 Å². The molecule has 3 heteroatoms. The zero-order chi connectivity index (χ0) is 44.6. The third-order valence-corrected chi connectivity index (χ3v) is 13.2. The van der Waals surface area contributed by atoms with Crippen LogP contribution in [0.3, 0.4) is 0 Å². The van der Waals surface area contributed by atoms with Gasteiger partial charge < -0.3 is 0 Å². The van der Waals surface area contributed by atoms with Gasteiger partial charge in [0, 0.05) is 16.7 Å². The highest BCUT2D eigenvalue weighted by Gasteiger charge is 2.46. The van der Waals surface area contributed by atoms with Gasteiger partial charge in [0.2, 0.25) is 0 Å². The second kappa shape index (κ2) is 17.0. The number of benzene rings is 10. The standard InChI is InChI=1S/C64H43N3/c1-5-17-44(18-6-1)46-31-35-48(36-32-46)61-65-62(49-37-33-47(34-38-49)45-19-7-2-8-20-45)67-63(66-61)54-24-16-23-52(42-54)50-21-15-22-51(41-50)53-39-40-58-57-29-13-14-30-59(57)64(60(58)43-53,55-25-9-3-10-26-55)56-27-11-4-12-28-56/h1-43H. The van der Waals surface area contributed by atoms with E-state index in [2.05, 4.69) is 249 Å². The van der Waals surface area contributed by atoms with E-state index in [9.17, 15) is 0 Å². The normalized spacial score (nSPS) is 12.3. The number of hydrogen-bond acceptors (Lipinski definition) is 3. The summed E-state index contributed by atoms with van der Waals surface area (Å²) in [7, 11) is 0. The van der Waals surface area contributed by atoms with Gasteiger partial charge in [0.25, 0.3) is 0 Å². The van der Waals surface area contributed by atoms with Gasteiger partial charge in [-0.05, 0) is 96.1 Å². The minimum atomic E-state index is -0.466. The van der Waals surface area contributed by atoms with Gasteiger partial charge in [0.15, 0.2) is 17.5 Å². The third kappa shape index (κ3) is 7.24. The first kappa shape index (κ1) is 39.8. The van der Waals surface area contributed by atoms with Gasteiger partial charge >= 0.3 is 0 Å². The van der Waals surface area contributed by atoms with E-state index in [1.54, 1.807) is 0 Å². The van der Waals surface area contributed by atoms with Crippen LogP contribution in [0.2, 0.25) is 0 Å². The van der Waals surface area contributed by atoms with Gasteiger partial charge in [-0.2, -0.15) is 0 Å². The van der Waals surface area contributed by atoms with Crippen LogP contribution in [0.5, 0.6) is 0 Å². The Balaban J connectivity index is 0.937. The van der Waals surface area contributed by atoms with Gasteiger partial charge in [-0.1, -0.05) is 243 Å². The fourth-order valence-corrected chi connectivity index (χ4v) is 9.99. The lowest BCUT2D eigenvalue weighted by Crippen LogP contribution is -2.28. The van der Waals surface area contributed by atoms with Crippen LogP contribution in [0.4, 0.5) is 0 Å². The maximum absolute atomic E-state index is 5.16. The summed E-state index contributed by atoms with van der Waals surface area (Å²) in [6.45, 7) is 0. The van der Waals surface area contributed by atoms with Gasteiger partial charge in [0.1, 0.15) is 0 Å². The SMILES string of the molecule is c1ccc(-c2ccc(-c3nc(-c4ccc(-c5ccccc5)cc4)nc(-c4cccc(-c5cccc(-c6ccc7c(c6)C(c6ccccc6)(c6ccccc6)c6ccccc6-7)c5)c4)n3)cc2)cc1. The van der Waals surface area contributed by atoms with E-state index in [-0.39, 0.29) is 0 Å². The molecule has 0 spiro atoms. The lowest BCUT2D eigenvalue weighted by molar-refractivity contribution is 0.769. The number of fused-ring (bicyclic) bond motifs is 3. The van der Waals surface area contributed by atoms with Crippen LogP contribution in [0.1, 0.15) is 22.3 Å². The molecule has 0 radical (unpaired) electrons. The molecule has 1 aromatic heterocycles. The molecular formula is C64H43N3. The lowest BCUT2D eigenvalue weighted by atomic mass is 9.67. The van der Waals surface area contributed by atoms with E-state index in [1.165, 1.54) is 50.1 Å². The van der Waals surface area contributed by atoms with Crippen LogP contribution in [0, 0.1) is 0 Å². The van der Waals surface area contributed by atoms with Crippen LogP contribution in [-0.4, -0.2) is 15.0 Å². The molecule has 1 heterocycles. The molecule has 12 rings (SSSR count). The predicted octanol–water partition coefficient (Wildman–Crippen LogP) is 15.9. The lowest BCUT2D eigenvalue weighted by Gasteiger charge is -2.34. The molecule has 67 heavy (non-hydrogen) atoms. The Morgan fingerprint density at radius 2 is 0.537 bits per heavy atom. The van der Waals surface area contributed by atoms with Crippen molar-refractivity contribution < 1.29 is 0 Å². The molecule has 0 fully saturated rings. The number of aromatic nitrogens is 3. The summed E-state index contributed by atoms with van der Waals surface area (Å²) >= 11 is 0. The molecule has 314 valence electrons. The molecule has 1 aliphatic rings. The molecule has 3 nitrogen and oxygen atoms in total. The molecule has 0 saturated heterocycles. The van der Waals surface area contributed by atoms with E-state index < -0.39 is 5.41 Å². The summed E-state index contributed by atoms with van der Waals surface area (Å²) in [4.78, 5) is 15.4. The van der Waals surface area contributed by atoms with Gasteiger partial charge in [-0.25, -0.2) is 15.0 Å². The Morgan fingerprint density at radius 3 is 1.04 bits per heavy atom. The van der Waals surface area contributed by atoms with Crippen LogP contribution in [-0.2, 0) is 5.41 Å². The average molecular weight is 854 g/mol. The van der Waals surface area contributed by atoms with E-state index in [0.717, 1.165) is 44.5 Å². The Morgan fingerprint density at radius 1 is 0.209 bits per heavy atom. The minimum Gasteiger partial charge on any atom is -0.208 e. The van der Waals surface area contributed by atoms with E-state index in [4.69, 9.17) is 15.0 Å². The van der Waals surface area contributed by atoms with Crippen molar-refractivity contribution in [3.05, 3.63) is 283 Å². The van der Waals surface area contributed by atoms with E-state index in [1.807, 2.05) is 12.1 Å². The van der Waals surface area contributed by atoms with Crippen molar-refractivity contribution in [1.82, 2.24) is 15.0 Å². The maximum atomic E-state index is 5.16. The van der Waals surface area contributed by atoms with Crippen molar-refractivity contribution in [3.63, 3.8) is 0 Å². The van der Waals surface area contributed by atoms with Crippen LogP contribution < -0.4 is 0 Å². The quantitative estimate of drug-likeness (QED) is 0.145. The molecule has 0 unspecified atom stereocenters. The van der Waals surface area contributed by atoms with Crippen LogP contribution in [0.15, 0.2) is 261 Å². The zero-order valence-electron chi connectivity index (χ0n) is 36.7. The largest absolute Gasteiger partial charge is 0.208 e. The highest BCUT2D eigenvalue weighted by Crippen LogP contribution is 2.56. The molecule has 0 saturated carbocycles. The summed E-state index contributed by atoms with van der Waals surface area (Å²) in [5.74, 6) is 1.87. The number of nitrogens with zero attached hydrogens (tertiary/aromatic N) is 3. The van der Waals surface area contributed by atoms with Crippen molar-refractivity contribution in [2.75, 3.05) is 0 Å². The molecule has 11 aromatic rings. The smallest absolute Gasteiger partial charge is 0.164 e. The molecular weight excluding hydrogens is 811 g/mol. The molecule has 0 amide bonds. The second-order valence-electron chi connectivity index (χ2n) is 17.1. The fourth-order valence-electron chi connectivity index (χ4n) is 9.99. The maximum Gasteiger partial charge on any atom is 0.164 e. The number of hydrogen-bond donors (Lipinski definition) is 0. The third-order valence-electron chi connectivity index (χ3n) is 13.2. The van der Waals surface area contributed by atoms with Crippen molar-refractivity contribution in [2.24, 2.45) is 0 Å². The predicted molar refractivity (Wildman–Crippen MR) is 275 cm³/mol. The Bertz CT molecular complexity index is 3390. The fraction of sp³-hybridized carbons (Fsp3) is 0.0156. The molecule has 0 bridgehead atoms. The van der Waals surface area contributed by atoms with Gasteiger partial charge in [0.05, 0.1) is 5.41 Å². The molecule has 0 atom stereocenters. The highest BCUT2D eigenvalue weighted by atomic mass is 15.0. The second-order valence-corrected chi connectivity index (χ2v) is 17.1. The first-order chi connectivity index (χ1) is 33.2. The topological polar surface area (TPSA) is 38.7 Å². The van der Waals surface area contributed by atoms with Gasteiger partial charge in [-0.15, -0.1) is 0 Å². The summed E-state index contributed by atoms with van der Waals surface area (Å²) in [5, 5.41) is 0. The van der Waals surface area contributed by atoms with Crippen molar-refractivity contribution in [2.45, 2.75) is 5.41 Å². The Kier molecular flexibility index (Phi) is 10.1. The monoisotopic (exact) mass is 853 g/mol.